The molecule has 3 nitrogen and oxygen atoms in total. The lowest BCUT2D eigenvalue weighted by Gasteiger charge is -2.31. The first-order valence-electron chi connectivity index (χ1n) is 6.48. The zero-order valence-corrected chi connectivity index (χ0v) is 12.7. The molecule has 0 spiro atoms. The van der Waals surface area contributed by atoms with Crippen molar-refractivity contribution in [3.05, 3.63) is 59.1 Å². The number of halogens is 4. The second kappa shape index (κ2) is 6.39. The van der Waals surface area contributed by atoms with Gasteiger partial charge in [-0.25, -0.2) is 0 Å². The Labute approximate surface area is 136 Å². The number of nitriles is 1. The molecule has 0 aliphatic heterocycles. The number of nitrogens with one attached hydrogen (secondary N) is 1. The minimum atomic E-state index is -4.84. The van der Waals surface area contributed by atoms with Gasteiger partial charge < -0.3 is 10.1 Å². The molecule has 0 heterocycles. The van der Waals surface area contributed by atoms with E-state index in [1.165, 1.54) is 61.7 Å². The van der Waals surface area contributed by atoms with E-state index in [2.05, 4.69) is 5.32 Å². The summed E-state index contributed by atoms with van der Waals surface area (Å²) >= 11 is 5.71. The lowest BCUT2D eigenvalue weighted by atomic mass is 9.90. The molecule has 7 heteroatoms. The number of hydrogen-bond donors (Lipinski definition) is 1. The van der Waals surface area contributed by atoms with E-state index in [4.69, 9.17) is 16.3 Å². The summed E-state index contributed by atoms with van der Waals surface area (Å²) in [5.74, 6) is 0.497. The van der Waals surface area contributed by atoms with Crippen LogP contribution in [0.5, 0.6) is 5.75 Å². The molecule has 2 aromatic rings. The molecule has 0 radical (unpaired) electrons. The van der Waals surface area contributed by atoms with Gasteiger partial charge in [-0.2, -0.15) is 18.4 Å². The van der Waals surface area contributed by atoms with Crippen LogP contribution < -0.4 is 10.1 Å². The van der Waals surface area contributed by atoms with E-state index < -0.39 is 11.7 Å². The van der Waals surface area contributed by atoms with E-state index >= 15 is 0 Å². The molecule has 1 unspecified atom stereocenters. The molecule has 23 heavy (non-hydrogen) atoms. The van der Waals surface area contributed by atoms with Crippen LogP contribution in [-0.4, -0.2) is 13.3 Å². The number of methoxy groups -OCH3 is 1. The van der Waals surface area contributed by atoms with Gasteiger partial charge in [0.2, 0.25) is 5.54 Å². The van der Waals surface area contributed by atoms with Crippen molar-refractivity contribution in [1.29, 1.82) is 5.26 Å². The van der Waals surface area contributed by atoms with Gasteiger partial charge in [0.1, 0.15) is 11.8 Å². The van der Waals surface area contributed by atoms with Gasteiger partial charge >= 0.3 is 6.18 Å². The fraction of sp³-hybridized carbons (Fsp3) is 0.188. The van der Waals surface area contributed by atoms with E-state index in [0.717, 1.165) is 0 Å². The van der Waals surface area contributed by atoms with Crippen molar-refractivity contribution in [3.8, 4) is 11.8 Å². The first kappa shape index (κ1) is 17.0. The minimum absolute atomic E-state index is 0.139. The van der Waals surface area contributed by atoms with Crippen LogP contribution in [0.1, 0.15) is 5.56 Å². The van der Waals surface area contributed by atoms with Gasteiger partial charge in [0.15, 0.2) is 0 Å². The number of ether oxygens (including phenoxy) is 1. The number of anilines is 1. The van der Waals surface area contributed by atoms with Gasteiger partial charge in [0.25, 0.3) is 0 Å². The third-order valence-electron chi connectivity index (χ3n) is 3.29. The third-order valence-corrected chi connectivity index (χ3v) is 3.54. The number of benzene rings is 2. The highest BCUT2D eigenvalue weighted by Crippen LogP contribution is 2.41. The summed E-state index contributed by atoms with van der Waals surface area (Å²) in [6.07, 6.45) is -4.84. The Morgan fingerprint density at radius 2 is 1.61 bits per heavy atom. The predicted molar refractivity (Wildman–Crippen MR) is 81.4 cm³/mol. The first-order valence-corrected chi connectivity index (χ1v) is 6.86. The molecule has 2 rings (SSSR count). The van der Waals surface area contributed by atoms with Crippen molar-refractivity contribution >= 4 is 17.3 Å². The average molecular weight is 341 g/mol. The fourth-order valence-corrected chi connectivity index (χ4v) is 2.18. The Bertz CT molecular complexity index is 708. The molecule has 0 saturated carbocycles. The largest absolute Gasteiger partial charge is 0.497 e. The molecule has 0 aliphatic rings. The van der Waals surface area contributed by atoms with Crippen molar-refractivity contribution < 1.29 is 17.9 Å². The van der Waals surface area contributed by atoms with E-state index in [1.54, 1.807) is 0 Å². The van der Waals surface area contributed by atoms with Gasteiger partial charge in [-0.15, -0.1) is 0 Å². The van der Waals surface area contributed by atoms with Crippen molar-refractivity contribution in [2.75, 3.05) is 12.4 Å². The topological polar surface area (TPSA) is 45.0 Å². The maximum Gasteiger partial charge on any atom is 0.429 e. The Hall–Kier alpha value is -2.39. The zero-order valence-electron chi connectivity index (χ0n) is 12.0. The summed E-state index contributed by atoms with van der Waals surface area (Å²) in [6, 6.07) is 12.2. The monoisotopic (exact) mass is 340 g/mol. The van der Waals surface area contributed by atoms with Gasteiger partial charge in [0, 0.05) is 16.3 Å². The second-order valence-electron chi connectivity index (χ2n) is 4.72. The van der Waals surface area contributed by atoms with Crippen LogP contribution in [0.3, 0.4) is 0 Å². The van der Waals surface area contributed by atoms with Gasteiger partial charge in [-0.3, -0.25) is 0 Å². The first-order chi connectivity index (χ1) is 10.8. The highest BCUT2D eigenvalue weighted by Gasteiger charge is 2.57. The van der Waals surface area contributed by atoms with E-state index in [0.29, 0.717) is 5.75 Å². The maximum absolute atomic E-state index is 13.7. The summed E-state index contributed by atoms with van der Waals surface area (Å²) in [5, 5.41) is 11.9. The van der Waals surface area contributed by atoms with E-state index in [9.17, 15) is 18.4 Å². The molecule has 0 amide bonds. The number of hydrogen-bond acceptors (Lipinski definition) is 3. The molecule has 0 fully saturated rings. The second-order valence-corrected chi connectivity index (χ2v) is 5.16. The van der Waals surface area contributed by atoms with Crippen LogP contribution in [0.2, 0.25) is 5.02 Å². The van der Waals surface area contributed by atoms with Crippen molar-refractivity contribution in [3.63, 3.8) is 0 Å². The van der Waals surface area contributed by atoms with E-state index in [-0.39, 0.29) is 16.3 Å². The lowest BCUT2D eigenvalue weighted by molar-refractivity contribution is -0.165. The third kappa shape index (κ3) is 3.35. The summed E-state index contributed by atoms with van der Waals surface area (Å²) in [4.78, 5) is 0. The molecule has 0 saturated heterocycles. The summed E-state index contributed by atoms with van der Waals surface area (Å²) in [6.45, 7) is 0. The van der Waals surface area contributed by atoms with Crippen LogP contribution in [0.4, 0.5) is 18.9 Å². The van der Waals surface area contributed by atoms with Crippen molar-refractivity contribution in [2.24, 2.45) is 0 Å². The molecular weight excluding hydrogens is 329 g/mol. The average Bonchev–Trinajstić information content (AvgIpc) is 2.53. The lowest BCUT2D eigenvalue weighted by Crippen LogP contribution is -2.47. The van der Waals surface area contributed by atoms with Crippen LogP contribution in [0.15, 0.2) is 48.5 Å². The molecule has 1 N–H and O–H groups in total. The normalized spacial score (nSPS) is 13.7. The highest BCUT2D eigenvalue weighted by molar-refractivity contribution is 6.30. The number of nitrogens with zero attached hydrogens (tertiary/aromatic N) is 1. The molecule has 0 aliphatic carbocycles. The van der Waals surface area contributed by atoms with Gasteiger partial charge in [0.05, 0.1) is 7.11 Å². The molecule has 2 aromatic carbocycles. The van der Waals surface area contributed by atoms with Crippen molar-refractivity contribution in [1.82, 2.24) is 0 Å². The Balaban J connectivity index is 2.49. The summed E-state index contributed by atoms with van der Waals surface area (Å²) in [5.41, 5.74) is -2.99. The van der Waals surface area contributed by atoms with Crippen LogP contribution in [-0.2, 0) is 5.54 Å². The Morgan fingerprint density at radius 1 is 1.04 bits per heavy atom. The summed E-state index contributed by atoms with van der Waals surface area (Å²) < 4.78 is 45.9. The van der Waals surface area contributed by atoms with E-state index in [1.807, 2.05) is 0 Å². The number of alkyl halides is 3. The molecule has 0 aromatic heterocycles. The SMILES string of the molecule is COc1ccc(NC(C#N)(c2ccc(Cl)cc2)C(F)(F)F)cc1. The smallest absolute Gasteiger partial charge is 0.429 e. The standard InChI is InChI=1S/C16H12ClF3N2O/c1-23-14-8-6-13(7-9-14)22-15(10-21,16(18,19)20)11-2-4-12(17)5-3-11/h2-9,22H,1H3. The molecule has 120 valence electrons. The molecular formula is C16H12ClF3N2O. The number of rotatable bonds is 4. The highest BCUT2D eigenvalue weighted by atomic mass is 35.5. The Kier molecular flexibility index (Phi) is 4.71. The van der Waals surface area contributed by atoms with Crippen LogP contribution in [0.25, 0.3) is 0 Å². The zero-order chi connectivity index (χ0) is 17.1. The van der Waals surface area contributed by atoms with Gasteiger partial charge in [-0.05, 0) is 36.4 Å². The fourth-order valence-electron chi connectivity index (χ4n) is 2.05. The van der Waals surface area contributed by atoms with Crippen LogP contribution >= 0.6 is 11.6 Å². The van der Waals surface area contributed by atoms with Crippen molar-refractivity contribution in [2.45, 2.75) is 11.7 Å². The van der Waals surface area contributed by atoms with Crippen LogP contribution in [0, 0.1) is 11.3 Å². The predicted octanol–water partition coefficient (Wildman–Crippen LogP) is 4.74. The quantitative estimate of drug-likeness (QED) is 0.874. The Morgan fingerprint density at radius 3 is 2.04 bits per heavy atom. The molecule has 0 bridgehead atoms. The minimum Gasteiger partial charge on any atom is -0.497 e. The van der Waals surface area contributed by atoms with Gasteiger partial charge in [-0.1, -0.05) is 23.7 Å². The maximum atomic E-state index is 13.7. The summed E-state index contributed by atoms with van der Waals surface area (Å²) in [7, 11) is 1.45. The molecule has 1 atom stereocenters.